The number of hydrogen-bond donors (Lipinski definition) is 0. The van der Waals surface area contributed by atoms with Crippen molar-refractivity contribution in [2.45, 2.75) is 49.3 Å². The molecule has 1 aliphatic carbocycles. The quantitative estimate of drug-likeness (QED) is 0.717. The van der Waals surface area contributed by atoms with Gasteiger partial charge in [-0.25, -0.2) is 0 Å². The summed E-state index contributed by atoms with van der Waals surface area (Å²) < 4.78 is 11.0. The molecule has 2 aromatic rings. The van der Waals surface area contributed by atoms with E-state index in [4.69, 9.17) is 9.47 Å². The summed E-state index contributed by atoms with van der Waals surface area (Å²) in [5.41, 5.74) is 2.04. The molecule has 1 amide bonds. The maximum Gasteiger partial charge on any atom is 0.233 e. The van der Waals surface area contributed by atoms with Gasteiger partial charge in [-0.3, -0.25) is 14.7 Å². The van der Waals surface area contributed by atoms with E-state index in [0.29, 0.717) is 11.9 Å². The summed E-state index contributed by atoms with van der Waals surface area (Å²) in [5.74, 6) is 1.14. The minimum Gasteiger partial charge on any atom is -0.497 e. The number of piperidine rings is 1. The second kappa shape index (κ2) is 8.24. The van der Waals surface area contributed by atoms with Crippen LogP contribution in [0.25, 0.3) is 0 Å². The molecule has 2 unspecified atom stereocenters. The molecule has 31 heavy (non-hydrogen) atoms. The highest BCUT2D eigenvalue weighted by Crippen LogP contribution is 2.50. The number of ether oxygens (including phenoxy) is 2. The molecule has 0 radical (unpaired) electrons. The lowest BCUT2D eigenvalue weighted by Gasteiger charge is -2.53. The third kappa shape index (κ3) is 3.62. The first-order valence-corrected chi connectivity index (χ1v) is 11.3. The second-order valence-electron chi connectivity index (χ2n) is 9.04. The van der Waals surface area contributed by atoms with Crippen molar-refractivity contribution in [1.29, 1.82) is 0 Å². The molecular formula is C25H31N3O3. The van der Waals surface area contributed by atoms with Crippen LogP contribution in [0.3, 0.4) is 0 Å². The van der Waals surface area contributed by atoms with E-state index in [0.717, 1.165) is 56.6 Å². The normalized spacial score (nSPS) is 25.7. The van der Waals surface area contributed by atoms with Crippen molar-refractivity contribution in [3.05, 3.63) is 59.9 Å². The lowest BCUT2D eigenvalue weighted by Crippen LogP contribution is -2.60. The molecule has 5 rings (SSSR count). The molecule has 2 aliphatic heterocycles. The molecule has 3 fully saturated rings. The molecule has 3 aliphatic rings. The first-order chi connectivity index (χ1) is 15.2. The first kappa shape index (κ1) is 20.5. The maximum absolute atomic E-state index is 13.4. The third-order valence-electron chi connectivity index (χ3n) is 7.45. The average molecular weight is 422 g/mol. The summed E-state index contributed by atoms with van der Waals surface area (Å²) in [7, 11) is 3.46. The molecule has 6 nitrogen and oxygen atoms in total. The minimum atomic E-state index is -0.310. The zero-order chi connectivity index (χ0) is 21.4. The van der Waals surface area contributed by atoms with Crippen LogP contribution in [0.4, 0.5) is 0 Å². The number of hydrogen-bond acceptors (Lipinski definition) is 5. The number of amides is 1. The smallest absolute Gasteiger partial charge is 0.233 e. The standard InChI is InChI=1S/C25H31N3O3/c1-30-21-7-5-19(6-8-21)25(11-12-25)24(29)27-14-9-20(10-15-27)28-17-22(31-2)23(28)18-4-3-13-26-16-18/h3-8,13,16,20,22-23H,9-12,14-15,17H2,1-2H3. The van der Waals surface area contributed by atoms with Crippen LogP contribution < -0.4 is 4.74 Å². The Morgan fingerprint density at radius 2 is 1.84 bits per heavy atom. The van der Waals surface area contributed by atoms with Gasteiger partial charge in [0, 0.05) is 45.2 Å². The summed E-state index contributed by atoms with van der Waals surface area (Å²) in [6.45, 7) is 2.61. The molecule has 2 atom stereocenters. The third-order valence-corrected chi connectivity index (χ3v) is 7.45. The topological polar surface area (TPSA) is 54.9 Å². The predicted octanol–water partition coefficient (Wildman–Crippen LogP) is 3.18. The Labute approximate surface area is 184 Å². The lowest BCUT2D eigenvalue weighted by atomic mass is 9.87. The Morgan fingerprint density at radius 3 is 2.42 bits per heavy atom. The van der Waals surface area contributed by atoms with E-state index in [1.54, 1.807) is 14.2 Å². The number of aromatic nitrogens is 1. The Kier molecular flexibility index (Phi) is 5.44. The molecule has 0 N–H and O–H groups in total. The van der Waals surface area contributed by atoms with E-state index in [1.807, 2.05) is 30.6 Å². The fraction of sp³-hybridized carbons (Fsp3) is 0.520. The van der Waals surface area contributed by atoms with Gasteiger partial charge in [-0.05, 0) is 55.0 Å². The second-order valence-corrected chi connectivity index (χ2v) is 9.04. The summed E-state index contributed by atoms with van der Waals surface area (Å²) in [4.78, 5) is 22.4. The number of carbonyl (C=O) groups is 1. The number of pyridine rings is 1. The highest BCUT2D eigenvalue weighted by molar-refractivity contribution is 5.91. The Bertz CT molecular complexity index is 905. The molecule has 6 heteroatoms. The number of likely N-dealkylation sites (tertiary alicyclic amines) is 2. The molecular weight excluding hydrogens is 390 g/mol. The molecule has 0 bridgehead atoms. The molecule has 2 saturated heterocycles. The van der Waals surface area contributed by atoms with E-state index in [-0.39, 0.29) is 17.6 Å². The van der Waals surface area contributed by atoms with Gasteiger partial charge in [0.25, 0.3) is 0 Å². The fourth-order valence-corrected chi connectivity index (χ4v) is 5.40. The number of nitrogens with zero attached hydrogens (tertiary/aromatic N) is 3. The van der Waals surface area contributed by atoms with E-state index in [2.05, 4.69) is 33.0 Å². The highest BCUT2D eigenvalue weighted by atomic mass is 16.5. The van der Waals surface area contributed by atoms with E-state index >= 15 is 0 Å². The molecule has 164 valence electrons. The van der Waals surface area contributed by atoms with Gasteiger partial charge in [0.15, 0.2) is 0 Å². The zero-order valence-electron chi connectivity index (χ0n) is 18.4. The molecule has 1 aromatic carbocycles. The van der Waals surface area contributed by atoms with Gasteiger partial charge in [-0.1, -0.05) is 18.2 Å². The van der Waals surface area contributed by atoms with E-state index in [1.165, 1.54) is 5.56 Å². The highest BCUT2D eigenvalue weighted by Gasteiger charge is 2.53. The van der Waals surface area contributed by atoms with Crippen LogP contribution in [-0.2, 0) is 14.9 Å². The van der Waals surface area contributed by atoms with Crippen LogP contribution in [0.5, 0.6) is 5.75 Å². The maximum atomic E-state index is 13.4. The van der Waals surface area contributed by atoms with Gasteiger partial charge >= 0.3 is 0 Å². The Morgan fingerprint density at radius 1 is 1.10 bits per heavy atom. The van der Waals surface area contributed by atoms with Gasteiger partial charge in [0.2, 0.25) is 5.91 Å². The molecule has 3 heterocycles. The lowest BCUT2D eigenvalue weighted by molar-refractivity contribution is -0.140. The van der Waals surface area contributed by atoms with Gasteiger partial charge < -0.3 is 14.4 Å². The van der Waals surface area contributed by atoms with E-state index in [9.17, 15) is 4.79 Å². The van der Waals surface area contributed by atoms with Crippen molar-refractivity contribution >= 4 is 5.91 Å². The van der Waals surface area contributed by atoms with Gasteiger partial charge in [0.05, 0.1) is 24.7 Å². The summed E-state index contributed by atoms with van der Waals surface area (Å²) in [6, 6.07) is 12.9. The summed E-state index contributed by atoms with van der Waals surface area (Å²) in [5, 5.41) is 0. The van der Waals surface area contributed by atoms with E-state index < -0.39 is 0 Å². The van der Waals surface area contributed by atoms with Gasteiger partial charge in [0.1, 0.15) is 5.75 Å². The average Bonchev–Trinajstić information content (AvgIpc) is 3.62. The molecule has 0 spiro atoms. The number of carbonyl (C=O) groups excluding carboxylic acids is 1. The van der Waals surface area contributed by atoms with Crippen molar-refractivity contribution in [2.24, 2.45) is 0 Å². The monoisotopic (exact) mass is 421 g/mol. The summed E-state index contributed by atoms with van der Waals surface area (Å²) >= 11 is 0. The SMILES string of the molecule is COc1ccc(C2(C(=O)N3CCC(N4CC(OC)C4c4cccnc4)CC3)CC2)cc1. The zero-order valence-corrected chi connectivity index (χ0v) is 18.4. The fourth-order valence-electron chi connectivity index (χ4n) is 5.40. The summed E-state index contributed by atoms with van der Waals surface area (Å²) in [6.07, 6.45) is 7.90. The number of rotatable bonds is 6. The van der Waals surface area contributed by atoms with Crippen LogP contribution in [0, 0.1) is 0 Å². The van der Waals surface area contributed by atoms with Gasteiger partial charge in [-0.2, -0.15) is 0 Å². The number of methoxy groups -OCH3 is 2. The number of benzene rings is 1. The van der Waals surface area contributed by atoms with Crippen LogP contribution in [0.15, 0.2) is 48.8 Å². The molecule has 1 aromatic heterocycles. The minimum absolute atomic E-state index is 0.216. The first-order valence-electron chi connectivity index (χ1n) is 11.3. The van der Waals surface area contributed by atoms with Crippen LogP contribution in [0.1, 0.15) is 42.9 Å². The van der Waals surface area contributed by atoms with Crippen molar-refractivity contribution in [2.75, 3.05) is 33.9 Å². The van der Waals surface area contributed by atoms with Crippen molar-refractivity contribution < 1.29 is 14.3 Å². The Hall–Kier alpha value is -2.44. The van der Waals surface area contributed by atoms with Crippen molar-refractivity contribution in [3.63, 3.8) is 0 Å². The van der Waals surface area contributed by atoms with Crippen molar-refractivity contribution in [3.8, 4) is 5.75 Å². The Balaban J connectivity index is 1.23. The largest absolute Gasteiger partial charge is 0.497 e. The van der Waals surface area contributed by atoms with Crippen LogP contribution in [0.2, 0.25) is 0 Å². The van der Waals surface area contributed by atoms with Crippen LogP contribution in [-0.4, -0.2) is 66.7 Å². The predicted molar refractivity (Wildman–Crippen MR) is 118 cm³/mol. The van der Waals surface area contributed by atoms with Gasteiger partial charge in [-0.15, -0.1) is 0 Å². The van der Waals surface area contributed by atoms with Crippen molar-refractivity contribution in [1.82, 2.24) is 14.8 Å². The van der Waals surface area contributed by atoms with Crippen LogP contribution >= 0.6 is 0 Å². The molecule has 1 saturated carbocycles.